The van der Waals surface area contributed by atoms with E-state index in [1.807, 2.05) is 25.4 Å². The smallest absolute Gasteiger partial charge is 0.212 e. The van der Waals surface area contributed by atoms with E-state index in [4.69, 9.17) is 10.5 Å². The van der Waals surface area contributed by atoms with Crippen LogP contribution in [0.25, 0.3) is 0 Å². The highest BCUT2D eigenvalue weighted by atomic mass is 16.5. The van der Waals surface area contributed by atoms with Crippen LogP contribution in [0.4, 0.5) is 0 Å². The number of rotatable bonds is 5. The predicted molar refractivity (Wildman–Crippen MR) is 56.2 cm³/mol. The fraction of sp³-hybridized carbons (Fsp3) is 0.500. The molecule has 1 rings (SSSR count). The SMILES string of the molecule is COc1ccc(CN(C)CCN)cn1. The lowest BCUT2D eigenvalue weighted by atomic mass is 10.2. The van der Waals surface area contributed by atoms with Gasteiger partial charge in [-0.15, -0.1) is 0 Å². The molecule has 1 heterocycles. The summed E-state index contributed by atoms with van der Waals surface area (Å²) in [4.78, 5) is 6.29. The topological polar surface area (TPSA) is 51.4 Å². The monoisotopic (exact) mass is 195 g/mol. The maximum Gasteiger partial charge on any atom is 0.212 e. The number of likely N-dealkylation sites (N-methyl/N-ethyl adjacent to an activating group) is 1. The van der Waals surface area contributed by atoms with Gasteiger partial charge in [0.1, 0.15) is 0 Å². The summed E-state index contributed by atoms with van der Waals surface area (Å²) >= 11 is 0. The van der Waals surface area contributed by atoms with Crippen molar-refractivity contribution in [1.82, 2.24) is 9.88 Å². The van der Waals surface area contributed by atoms with E-state index in [2.05, 4.69) is 9.88 Å². The van der Waals surface area contributed by atoms with Crippen LogP contribution in [0, 0.1) is 0 Å². The molecule has 0 atom stereocenters. The third kappa shape index (κ3) is 3.32. The Bertz CT molecular complexity index is 261. The maximum absolute atomic E-state index is 5.45. The number of aromatic nitrogens is 1. The van der Waals surface area contributed by atoms with Crippen molar-refractivity contribution >= 4 is 0 Å². The Balaban J connectivity index is 2.50. The van der Waals surface area contributed by atoms with E-state index in [0.29, 0.717) is 12.4 Å². The highest BCUT2D eigenvalue weighted by Crippen LogP contribution is 2.07. The molecule has 0 aromatic carbocycles. The third-order valence-electron chi connectivity index (χ3n) is 1.97. The van der Waals surface area contributed by atoms with Crippen molar-refractivity contribution in [2.45, 2.75) is 6.54 Å². The van der Waals surface area contributed by atoms with Crippen molar-refractivity contribution in [3.63, 3.8) is 0 Å². The molecule has 0 bridgehead atoms. The second kappa shape index (κ2) is 5.57. The average Bonchev–Trinajstić information content (AvgIpc) is 2.19. The van der Waals surface area contributed by atoms with Gasteiger partial charge in [-0.05, 0) is 12.6 Å². The van der Waals surface area contributed by atoms with Gasteiger partial charge < -0.3 is 15.4 Å². The Morgan fingerprint density at radius 1 is 1.50 bits per heavy atom. The van der Waals surface area contributed by atoms with Gasteiger partial charge in [-0.1, -0.05) is 6.07 Å². The van der Waals surface area contributed by atoms with Gasteiger partial charge in [0, 0.05) is 31.9 Å². The standard InChI is InChI=1S/C10H17N3O/c1-13(6-5-11)8-9-3-4-10(14-2)12-7-9/h3-4,7H,5-6,8,11H2,1-2H3. The Hall–Kier alpha value is -1.13. The van der Waals surface area contributed by atoms with Crippen molar-refractivity contribution in [3.05, 3.63) is 23.9 Å². The van der Waals surface area contributed by atoms with Gasteiger partial charge in [-0.25, -0.2) is 4.98 Å². The van der Waals surface area contributed by atoms with Crippen molar-refractivity contribution < 1.29 is 4.74 Å². The van der Waals surface area contributed by atoms with E-state index in [1.165, 1.54) is 5.56 Å². The number of nitrogens with two attached hydrogens (primary N) is 1. The van der Waals surface area contributed by atoms with Crippen LogP contribution in [-0.4, -0.2) is 37.1 Å². The molecule has 4 nitrogen and oxygen atoms in total. The Labute approximate surface area is 84.7 Å². The Kier molecular flexibility index (Phi) is 4.35. The quantitative estimate of drug-likeness (QED) is 0.742. The summed E-state index contributed by atoms with van der Waals surface area (Å²) < 4.78 is 4.98. The van der Waals surface area contributed by atoms with Gasteiger partial charge in [0.05, 0.1) is 7.11 Å². The zero-order valence-corrected chi connectivity index (χ0v) is 8.73. The highest BCUT2D eigenvalue weighted by molar-refractivity contribution is 5.17. The van der Waals surface area contributed by atoms with Crippen molar-refractivity contribution in [1.29, 1.82) is 0 Å². The van der Waals surface area contributed by atoms with Crippen LogP contribution in [-0.2, 0) is 6.54 Å². The van der Waals surface area contributed by atoms with Crippen LogP contribution < -0.4 is 10.5 Å². The lowest BCUT2D eigenvalue weighted by Crippen LogP contribution is -2.24. The van der Waals surface area contributed by atoms with Crippen LogP contribution >= 0.6 is 0 Å². The third-order valence-corrected chi connectivity index (χ3v) is 1.97. The second-order valence-corrected chi connectivity index (χ2v) is 3.24. The number of hydrogen-bond donors (Lipinski definition) is 1. The van der Waals surface area contributed by atoms with E-state index in [9.17, 15) is 0 Å². The molecular formula is C10H17N3O. The lowest BCUT2D eigenvalue weighted by Gasteiger charge is -2.14. The molecular weight excluding hydrogens is 178 g/mol. The summed E-state index contributed by atoms with van der Waals surface area (Å²) in [5, 5.41) is 0. The molecule has 0 aliphatic heterocycles. The summed E-state index contributed by atoms with van der Waals surface area (Å²) in [6, 6.07) is 3.88. The first-order chi connectivity index (χ1) is 6.76. The second-order valence-electron chi connectivity index (χ2n) is 3.24. The predicted octanol–water partition coefficient (Wildman–Crippen LogP) is 0.481. The first-order valence-corrected chi connectivity index (χ1v) is 4.64. The van der Waals surface area contributed by atoms with Gasteiger partial charge in [-0.2, -0.15) is 0 Å². The molecule has 0 saturated carbocycles. The molecule has 0 amide bonds. The first-order valence-electron chi connectivity index (χ1n) is 4.64. The maximum atomic E-state index is 5.45. The van der Waals surface area contributed by atoms with Crippen LogP contribution in [0.5, 0.6) is 5.88 Å². The molecule has 0 radical (unpaired) electrons. The number of hydrogen-bond acceptors (Lipinski definition) is 4. The molecule has 4 heteroatoms. The number of ether oxygens (including phenoxy) is 1. The first kappa shape index (κ1) is 10.9. The summed E-state index contributed by atoms with van der Waals surface area (Å²) in [6.45, 7) is 2.44. The van der Waals surface area contributed by atoms with E-state index < -0.39 is 0 Å². The molecule has 1 aromatic rings. The molecule has 0 aliphatic rings. The Morgan fingerprint density at radius 2 is 2.29 bits per heavy atom. The van der Waals surface area contributed by atoms with Gasteiger partial charge in [0.15, 0.2) is 0 Å². The molecule has 2 N–H and O–H groups in total. The fourth-order valence-corrected chi connectivity index (χ4v) is 1.24. The van der Waals surface area contributed by atoms with E-state index in [-0.39, 0.29) is 0 Å². The van der Waals surface area contributed by atoms with E-state index in [1.54, 1.807) is 7.11 Å². The normalized spacial score (nSPS) is 10.6. The van der Waals surface area contributed by atoms with Gasteiger partial charge in [0.2, 0.25) is 5.88 Å². The van der Waals surface area contributed by atoms with Crippen LogP contribution in [0.2, 0.25) is 0 Å². The molecule has 78 valence electrons. The van der Waals surface area contributed by atoms with Crippen molar-refractivity contribution in [2.24, 2.45) is 5.73 Å². The highest BCUT2D eigenvalue weighted by Gasteiger charge is 1.99. The minimum atomic E-state index is 0.648. The van der Waals surface area contributed by atoms with Gasteiger partial charge in [0.25, 0.3) is 0 Å². The fourth-order valence-electron chi connectivity index (χ4n) is 1.24. The number of methoxy groups -OCH3 is 1. The minimum absolute atomic E-state index is 0.648. The molecule has 0 spiro atoms. The van der Waals surface area contributed by atoms with E-state index in [0.717, 1.165) is 13.1 Å². The summed E-state index contributed by atoms with van der Waals surface area (Å²) in [7, 11) is 3.65. The molecule has 0 aliphatic carbocycles. The summed E-state index contributed by atoms with van der Waals surface area (Å²) in [6.07, 6.45) is 1.83. The number of nitrogens with zero attached hydrogens (tertiary/aromatic N) is 2. The molecule has 0 unspecified atom stereocenters. The molecule has 14 heavy (non-hydrogen) atoms. The zero-order valence-electron chi connectivity index (χ0n) is 8.73. The molecule has 1 aromatic heterocycles. The van der Waals surface area contributed by atoms with Gasteiger partial charge >= 0.3 is 0 Å². The largest absolute Gasteiger partial charge is 0.481 e. The van der Waals surface area contributed by atoms with E-state index >= 15 is 0 Å². The molecule has 0 fully saturated rings. The zero-order chi connectivity index (χ0) is 10.4. The van der Waals surface area contributed by atoms with Crippen LogP contribution in [0.1, 0.15) is 5.56 Å². The molecule has 0 saturated heterocycles. The lowest BCUT2D eigenvalue weighted by molar-refractivity contribution is 0.335. The minimum Gasteiger partial charge on any atom is -0.481 e. The van der Waals surface area contributed by atoms with Crippen LogP contribution in [0.3, 0.4) is 0 Å². The Morgan fingerprint density at radius 3 is 2.79 bits per heavy atom. The summed E-state index contributed by atoms with van der Waals surface area (Å²) in [5.41, 5.74) is 6.62. The van der Waals surface area contributed by atoms with Crippen molar-refractivity contribution in [2.75, 3.05) is 27.2 Å². The summed E-state index contributed by atoms with van der Waals surface area (Å²) in [5.74, 6) is 0.648. The average molecular weight is 195 g/mol. The van der Waals surface area contributed by atoms with Crippen LogP contribution in [0.15, 0.2) is 18.3 Å². The number of pyridine rings is 1. The van der Waals surface area contributed by atoms with Gasteiger partial charge in [-0.3, -0.25) is 0 Å². The van der Waals surface area contributed by atoms with Crippen molar-refractivity contribution in [3.8, 4) is 5.88 Å².